The number of halogens is 4. The van der Waals surface area contributed by atoms with Gasteiger partial charge in [0.1, 0.15) is 0 Å². The normalized spacial score (nSPS) is 28.1. The van der Waals surface area contributed by atoms with E-state index in [4.69, 9.17) is 5.11 Å². The Morgan fingerprint density at radius 1 is 1.60 bits per heavy atom. The van der Waals surface area contributed by atoms with Gasteiger partial charge in [-0.05, 0) is 5.92 Å². The molecule has 88 valence electrons. The molecule has 0 bridgehead atoms. The number of hydrogen-bond donors (Lipinski definition) is 2. The predicted octanol–water partition coefficient (Wildman–Crippen LogP) is 2.52. The smallest absolute Gasteiger partial charge is 0.422 e. The number of alkyl halides is 4. The Hall–Kier alpha value is -0.430. The Kier molecular flexibility index (Phi) is 3.25. The molecule has 1 unspecified atom stereocenters. The largest absolute Gasteiger partial charge is 0.494 e. The van der Waals surface area contributed by atoms with Crippen molar-refractivity contribution in [3.05, 3.63) is 12.0 Å². The van der Waals surface area contributed by atoms with Crippen molar-refractivity contribution >= 4 is 15.9 Å². The van der Waals surface area contributed by atoms with Crippen molar-refractivity contribution in [3.63, 3.8) is 0 Å². The van der Waals surface area contributed by atoms with Crippen LogP contribution in [-0.4, -0.2) is 27.3 Å². The second-order valence-electron chi connectivity index (χ2n) is 3.82. The number of nitrogens with zero attached hydrogens (tertiary/aromatic N) is 1. The van der Waals surface area contributed by atoms with E-state index in [1.165, 1.54) is 0 Å². The molecule has 3 nitrogen and oxygen atoms in total. The first-order chi connectivity index (χ1) is 6.67. The maximum Gasteiger partial charge on any atom is 0.422 e. The number of aliphatic hydroxyl groups excluding tert-OH is 1. The molecule has 0 fully saturated rings. The Labute approximate surface area is 94.0 Å². The molecule has 1 rings (SSSR count). The highest BCUT2D eigenvalue weighted by atomic mass is 79.9. The van der Waals surface area contributed by atoms with E-state index in [0.717, 1.165) is 5.01 Å². The van der Waals surface area contributed by atoms with E-state index < -0.39 is 16.5 Å². The van der Waals surface area contributed by atoms with Crippen LogP contribution in [0.1, 0.15) is 13.8 Å². The van der Waals surface area contributed by atoms with Gasteiger partial charge in [0.25, 0.3) is 0 Å². The van der Waals surface area contributed by atoms with E-state index >= 15 is 0 Å². The van der Waals surface area contributed by atoms with Crippen LogP contribution in [-0.2, 0) is 0 Å². The number of rotatable bonds is 2. The van der Waals surface area contributed by atoms with Gasteiger partial charge in [-0.25, -0.2) is 0 Å². The van der Waals surface area contributed by atoms with Gasteiger partial charge in [0.15, 0.2) is 5.88 Å². The van der Waals surface area contributed by atoms with Crippen molar-refractivity contribution in [1.82, 2.24) is 10.4 Å². The van der Waals surface area contributed by atoms with Crippen LogP contribution >= 0.6 is 15.9 Å². The second-order valence-corrected chi connectivity index (χ2v) is 5.03. The minimum Gasteiger partial charge on any atom is -0.494 e. The first-order valence-corrected chi connectivity index (χ1v) is 5.18. The number of nitrogens with one attached hydrogen (secondary N) is 1. The highest BCUT2D eigenvalue weighted by molar-refractivity contribution is 9.10. The van der Waals surface area contributed by atoms with E-state index in [1.807, 2.05) is 0 Å². The van der Waals surface area contributed by atoms with Gasteiger partial charge in [0.2, 0.25) is 4.45 Å². The minimum atomic E-state index is -4.50. The molecule has 0 amide bonds. The molecule has 1 aliphatic heterocycles. The Morgan fingerprint density at radius 2 is 2.13 bits per heavy atom. The fraction of sp³-hybridized carbons (Fsp3) is 0.750. The average molecular weight is 289 g/mol. The van der Waals surface area contributed by atoms with Crippen molar-refractivity contribution < 1.29 is 18.3 Å². The molecule has 7 heteroatoms. The second kappa shape index (κ2) is 3.86. The zero-order valence-corrected chi connectivity index (χ0v) is 9.85. The van der Waals surface area contributed by atoms with Crippen LogP contribution < -0.4 is 5.43 Å². The van der Waals surface area contributed by atoms with E-state index in [0.29, 0.717) is 6.08 Å². The van der Waals surface area contributed by atoms with E-state index in [-0.39, 0.29) is 12.5 Å². The first-order valence-electron chi connectivity index (χ1n) is 4.38. The van der Waals surface area contributed by atoms with Crippen LogP contribution in [0.25, 0.3) is 0 Å². The summed E-state index contributed by atoms with van der Waals surface area (Å²) in [5.74, 6) is -0.457. The molecule has 0 aromatic carbocycles. The fourth-order valence-corrected chi connectivity index (χ4v) is 1.74. The molecular formula is C8H12BrF3N2O. The lowest BCUT2D eigenvalue weighted by Gasteiger charge is -2.34. The Morgan fingerprint density at radius 3 is 2.53 bits per heavy atom. The molecule has 0 spiro atoms. The topological polar surface area (TPSA) is 35.5 Å². The van der Waals surface area contributed by atoms with E-state index in [1.54, 1.807) is 13.8 Å². The zero-order chi connectivity index (χ0) is 11.9. The minimum absolute atomic E-state index is 0.0380. The third-order valence-corrected chi connectivity index (χ3v) is 3.02. The third kappa shape index (κ3) is 2.39. The van der Waals surface area contributed by atoms with E-state index in [9.17, 15) is 13.2 Å². The van der Waals surface area contributed by atoms with Gasteiger partial charge >= 0.3 is 6.18 Å². The summed E-state index contributed by atoms with van der Waals surface area (Å²) in [6, 6.07) is 0. The lowest BCUT2D eigenvalue weighted by molar-refractivity contribution is -0.183. The maximum atomic E-state index is 12.7. The first kappa shape index (κ1) is 12.6. The third-order valence-electron chi connectivity index (χ3n) is 1.92. The summed E-state index contributed by atoms with van der Waals surface area (Å²) in [7, 11) is 0. The molecule has 0 aromatic heterocycles. The van der Waals surface area contributed by atoms with Gasteiger partial charge in [-0.1, -0.05) is 29.8 Å². The van der Waals surface area contributed by atoms with Crippen molar-refractivity contribution in [1.29, 1.82) is 0 Å². The monoisotopic (exact) mass is 288 g/mol. The van der Waals surface area contributed by atoms with Crippen LogP contribution in [0.4, 0.5) is 13.2 Å². The van der Waals surface area contributed by atoms with Crippen LogP contribution in [0.3, 0.4) is 0 Å². The summed E-state index contributed by atoms with van der Waals surface area (Å²) < 4.78 is 35.9. The Balaban J connectivity index is 2.92. The highest BCUT2D eigenvalue weighted by Crippen LogP contribution is 2.44. The molecule has 2 N–H and O–H groups in total. The molecule has 0 aromatic rings. The fourth-order valence-electron chi connectivity index (χ4n) is 1.29. The molecule has 1 heterocycles. The van der Waals surface area contributed by atoms with Crippen molar-refractivity contribution in [2.45, 2.75) is 24.5 Å². The SMILES string of the molecule is CC(C)CN1NC(O)=CC1(Br)C(F)(F)F. The van der Waals surface area contributed by atoms with Gasteiger partial charge < -0.3 is 5.11 Å². The summed E-state index contributed by atoms with van der Waals surface area (Å²) in [5, 5.41) is 10.0. The summed E-state index contributed by atoms with van der Waals surface area (Å²) >= 11 is 2.60. The zero-order valence-electron chi connectivity index (χ0n) is 8.27. The lowest BCUT2D eigenvalue weighted by atomic mass is 10.2. The van der Waals surface area contributed by atoms with Gasteiger partial charge in [0, 0.05) is 12.6 Å². The number of aliphatic hydroxyl groups is 1. The van der Waals surface area contributed by atoms with Crippen molar-refractivity contribution in [2.75, 3.05) is 6.54 Å². The van der Waals surface area contributed by atoms with Crippen LogP contribution in [0.5, 0.6) is 0 Å². The average Bonchev–Trinajstić information content (AvgIpc) is 2.24. The summed E-state index contributed by atoms with van der Waals surface area (Å²) in [6.07, 6.45) is -3.80. The highest BCUT2D eigenvalue weighted by Gasteiger charge is 2.59. The Bertz CT molecular complexity index is 280. The van der Waals surface area contributed by atoms with E-state index in [2.05, 4.69) is 21.4 Å². The van der Waals surface area contributed by atoms with Crippen molar-refractivity contribution in [3.8, 4) is 0 Å². The van der Waals surface area contributed by atoms with Gasteiger partial charge in [0.05, 0.1) is 0 Å². The number of hydrogen-bond acceptors (Lipinski definition) is 3. The van der Waals surface area contributed by atoms with Gasteiger partial charge in [-0.2, -0.15) is 18.2 Å². The van der Waals surface area contributed by atoms with Crippen molar-refractivity contribution in [2.24, 2.45) is 5.92 Å². The molecular weight excluding hydrogens is 277 g/mol. The molecule has 0 aliphatic carbocycles. The van der Waals surface area contributed by atoms with Crippen LogP contribution in [0, 0.1) is 5.92 Å². The molecule has 1 atom stereocenters. The van der Waals surface area contributed by atoms with Crippen LogP contribution in [0.15, 0.2) is 12.0 Å². The predicted molar refractivity (Wildman–Crippen MR) is 53.1 cm³/mol. The lowest BCUT2D eigenvalue weighted by Crippen LogP contribution is -2.55. The standard InChI is InChI=1S/C8H12BrF3N2O/c1-5(2)4-14-7(9,8(10,11)12)3-6(15)13-14/h3,5,13,15H,4H2,1-2H3. The molecule has 0 saturated heterocycles. The molecule has 0 radical (unpaired) electrons. The summed E-state index contributed by atoms with van der Waals surface area (Å²) in [4.78, 5) is 0. The number of hydrazine groups is 1. The summed E-state index contributed by atoms with van der Waals surface area (Å²) in [5.41, 5.74) is 2.27. The maximum absolute atomic E-state index is 12.7. The quantitative estimate of drug-likeness (QED) is 0.605. The molecule has 15 heavy (non-hydrogen) atoms. The summed E-state index contributed by atoms with van der Waals surface area (Å²) in [6.45, 7) is 3.74. The van der Waals surface area contributed by atoms with Gasteiger partial charge in [-0.3, -0.25) is 5.43 Å². The molecule has 1 aliphatic rings. The van der Waals surface area contributed by atoms with Gasteiger partial charge in [-0.15, -0.1) is 0 Å². The van der Waals surface area contributed by atoms with Crippen LogP contribution in [0.2, 0.25) is 0 Å². The molecule has 0 saturated carbocycles.